The normalized spacial score (nSPS) is 18.0. The van der Waals surface area contributed by atoms with E-state index in [1.807, 2.05) is 0 Å². The SMILES string of the molecule is Cc1nc2cc(F)c(F)cc2nc1NC[C@@H]1CCCCN1C(=O)O. The lowest BCUT2D eigenvalue weighted by atomic mass is 10.0. The fourth-order valence-electron chi connectivity index (χ4n) is 2.99. The maximum Gasteiger partial charge on any atom is 0.407 e. The first-order valence-corrected chi connectivity index (χ1v) is 7.82. The molecule has 2 N–H and O–H groups in total. The Hall–Kier alpha value is -2.51. The molecule has 1 aliphatic heterocycles. The number of rotatable bonds is 3. The number of carboxylic acid groups (broad SMARTS) is 1. The molecule has 1 fully saturated rings. The van der Waals surface area contributed by atoms with E-state index >= 15 is 0 Å². The number of amides is 1. The third kappa shape index (κ3) is 3.22. The molecule has 0 saturated carbocycles. The number of fused-ring (bicyclic) bond motifs is 1. The van der Waals surface area contributed by atoms with Crippen LogP contribution >= 0.6 is 0 Å². The minimum Gasteiger partial charge on any atom is -0.465 e. The summed E-state index contributed by atoms with van der Waals surface area (Å²) in [6, 6.07) is 1.88. The molecule has 0 radical (unpaired) electrons. The number of likely N-dealkylation sites (tertiary alicyclic amines) is 1. The highest BCUT2D eigenvalue weighted by Gasteiger charge is 2.26. The second kappa shape index (κ2) is 6.54. The number of nitrogens with zero attached hydrogens (tertiary/aromatic N) is 3. The highest BCUT2D eigenvalue weighted by atomic mass is 19.2. The number of hydrogen-bond acceptors (Lipinski definition) is 4. The van der Waals surface area contributed by atoms with Crippen LogP contribution in [0.2, 0.25) is 0 Å². The van der Waals surface area contributed by atoms with Crippen LogP contribution in [0.1, 0.15) is 25.0 Å². The molecule has 0 aliphatic carbocycles. The smallest absolute Gasteiger partial charge is 0.407 e. The van der Waals surface area contributed by atoms with Gasteiger partial charge >= 0.3 is 6.09 Å². The van der Waals surface area contributed by atoms with Crippen molar-refractivity contribution in [3.8, 4) is 0 Å². The van der Waals surface area contributed by atoms with Crippen molar-refractivity contribution in [1.29, 1.82) is 0 Å². The maximum atomic E-state index is 13.4. The van der Waals surface area contributed by atoms with Gasteiger partial charge in [0.25, 0.3) is 0 Å². The Kier molecular flexibility index (Phi) is 4.46. The molecule has 1 saturated heterocycles. The van der Waals surface area contributed by atoms with Crippen molar-refractivity contribution in [3.05, 3.63) is 29.5 Å². The number of hydrogen-bond donors (Lipinski definition) is 2. The molecule has 0 spiro atoms. The van der Waals surface area contributed by atoms with E-state index in [-0.39, 0.29) is 17.1 Å². The van der Waals surface area contributed by atoms with Gasteiger partial charge in [-0.2, -0.15) is 0 Å². The van der Waals surface area contributed by atoms with Gasteiger partial charge in [-0.25, -0.2) is 23.5 Å². The molecule has 0 unspecified atom stereocenters. The highest BCUT2D eigenvalue weighted by molar-refractivity contribution is 5.76. The number of aromatic nitrogens is 2. The van der Waals surface area contributed by atoms with E-state index in [4.69, 9.17) is 0 Å². The van der Waals surface area contributed by atoms with E-state index < -0.39 is 17.7 Å². The Morgan fingerprint density at radius 3 is 2.62 bits per heavy atom. The van der Waals surface area contributed by atoms with Gasteiger partial charge < -0.3 is 15.3 Å². The van der Waals surface area contributed by atoms with Crippen LogP contribution in [0, 0.1) is 18.6 Å². The summed E-state index contributed by atoms with van der Waals surface area (Å²) in [7, 11) is 0. The van der Waals surface area contributed by atoms with Crippen LogP contribution in [-0.4, -0.2) is 45.2 Å². The van der Waals surface area contributed by atoms with Crippen molar-refractivity contribution in [2.75, 3.05) is 18.4 Å². The van der Waals surface area contributed by atoms with Crippen molar-refractivity contribution in [3.63, 3.8) is 0 Å². The quantitative estimate of drug-likeness (QED) is 0.900. The molecule has 1 aromatic carbocycles. The van der Waals surface area contributed by atoms with Crippen LogP contribution in [0.15, 0.2) is 12.1 Å². The summed E-state index contributed by atoms with van der Waals surface area (Å²) in [5.74, 6) is -1.49. The number of benzene rings is 1. The van der Waals surface area contributed by atoms with E-state index in [0.717, 1.165) is 31.4 Å². The Balaban J connectivity index is 1.80. The zero-order valence-corrected chi connectivity index (χ0v) is 13.2. The molecule has 3 rings (SSSR count). The van der Waals surface area contributed by atoms with Gasteiger partial charge in [0.1, 0.15) is 5.82 Å². The lowest BCUT2D eigenvalue weighted by molar-refractivity contribution is 0.110. The van der Waals surface area contributed by atoms with Gasteiger partial charge in [0.2, 0.25) is 0 Å². The van der Waals surface area contributed by atoms with Gasteiger partial charge in [-0.3, -0.25) is 0 Å². The average Bonchev–Trinajstić information content (AvgIpc) is 2.55. The molecule has 1 aliphatic rings. The van der Waals surface area contributed by atoms with E-state index in [9.17, 15) is 18.7 Å². The Bertz CT molecular complexity index is 784. The molecular weight excluding hydrogens is 318 g/mol. The first-order chi connectivity index (χ1) is 11.5. The number of nitrogens with one attached hydrogen (secondary N) is 1. The summed E-state index contributed by atoms with van der Waals surface area (Å²) < 4.78 is 26.6. The van der Waals surface area contributed by atoms with Gasteiger partial charge in [0.15, 0.2) is 11.6 Å². The predicted octanol–water partition coefficient (Wildman–Crippen LogP) is 3.16. The lowest BCUT2D eigenvalue weighted by Gasteiger charge is -2.33. The number of piperidine rings is 1. The van der Waals surface area contributed by atoms with Crippen LogP contribution in [-0.2, 0) is 0 Å². The molecule has 128 valence electrons. The molecular formula is C16H18F2N4O2. The van der Waals surface area contributed by atoms with Crippen LogP contribution in [0.3, 0.4) is 0 Å². The maximum absolute atomic E-state index is 13.4. The zero-order chi connectivity index (χ0) is 17.3. The fourth-order valence-corrected chi connectivity index (χ4v) is 2.99. The number of halogens is 2. The number of anilines is 1. The largest absolute Gasteiger partial charge is 0.465 e. The standard InChI is InChI=1S/C16H18F2N4O2/c1-9-15(19-8-10-4-2-3-5-22(10)16(23)24)21-14-7-12(18)11(17)6-13(14)20-9/h6-7,10H,2-5,8H2,1H3,(H,19,21)(H,23,24)/t10-/m0/s1. The molecule has 1 atom stereocenters. The molecule has 8 heteroatoms. The van der Waals surface area contributed by atoms with Crippen LogP contribution < -0.4 is 5.32 Å². The third-order valence-electron chi connectivity index (χ3n) is 4.26. The first kappa shape index (κ1) is 16.4. The summed E-state index contributed by atoms with van der Waals surface area (Å²) >= 11 is 0. The minimum atomic E-state index is -0.976. The third-order valence-corrected chi connectivity index (χ3v) is 4.26. The summed E-state index contributed by atoms with van der Waals surface area (Å²) in [5.41, 5.74) is 1.08. The van der Waals surface area contributed by atoms with Crippen LogP contribution in [0.4, 0.5) is 19.4 Å². The first-order valence-electron chi connectivity index (χ1n) is 7.82. The van der Waals surface area contributed by atoms with Crippen molar-refractivity contribution >= 4 is 22.9 Å². The van der Waals surface area contributed by atoms with Crippen molar-refractivity contribution in [1.82, 2.24) is 14.9 Å². The zero-order valence-electron chi connectivity index (χ0n) is 13.2. The monoisotopic (exact) mass is 336 g/mol. The fraction of sp³-hybridized carbons (Fsp3) is 0.438. The van der Waals surface area contributed by atoms with E-state index in [1.165, 1.54) is 4.90 Å². The van der Waals surface area contributed by atoms with Crippen LogP contribution in [0.25, 0.3) is 11.0 Å². The molecule has 24 heavy (non-hydrogen) atoms. The highest BCUT2D eigenvalue weighted by Crippen LogP contribution is 2.21. The van der Waals surface area contributed by atoms with Gasteiger partial charge in [0.05, 0.1) is 22.8 Å². The van der Waals surface area contributed by atoms with E-state index in [2.05, 4.69) is 15.3 Å². The summed E-state index contributed by atoms with van der Waals surface area (Å²) in [5, 5.41) is 12.4. The van der Waals surface area contributed by atoms with Crippen LogP contribution in [0.5, 0.6) is 0 Å². The summed E-state index contributed by atoms with van der Waals surface area (Å²) in [4.78, 5) is 21.2. The van der Waals surface area contributed by atoms with Crippen molar-refractivity contribution in [2.45, 2.75) is 32.2 Å². The molecule has 1 amide bonds. The Morgan fingerprint density at radius 1 is 1.29 bits per heavy atom. The predicted molar refractivity (Wildman–Crippen MR) is 85.1 cm³/mol. The van der Waals surface area contributed by atoms with Gasteiger partial charge in [-0.05, 0) is 26.2 Å². The molecule has 2 aromatic rings. The van der Waals surface area contributed by atoms with Crippen molar-refractivity contribution in [2.24, 2.45) is 0 Å². The second-order valence-electron chi connectivity index (χ2n) is 5.92. The molecule has 1 aromatic heterocycles. The number of aryl methyl sites for hydroxylation is 1. The molecule has 2 heterocycles. The average molecular weight is 336 g/mol. The van der Waals surface area contributed by atoms with E-state index in [1.54, 1.807) is 6.92 Å². The van der Waals surface area contributed by atoms with E-state index in [0.29, 0.717) is 24.6 Å². The minimum absolute atomic E-state index is 0.141. The summed E-state index contributed by atoms with van der Waals surface area (Å²) in [6.07, 6.45) is 1.69. The van der Waals surface area contributed by atoms with Crippen molar-refractivity contribution < 1.29 is 18.7 Å². The molecule has 6 nitrogen and oxygen atoms in total. The van der Waals surface area contributed by atoms with Gasteiger partial charge in [-0.15, -0.1) is 0 Å². The topological polar surface area (TPSA) is 78.4 Å². The summed E-state index contributed by atoms with van der Waals surface area (Å²) in [6.45, 7) is 2.64. The Labute approximate surface area is 137 Å². The Morgan fingerprint density at radius 2 is 1.96 bits per heavy atom. The van der Waals surface area contributed by atoms with Gasteiger partial charge in [0, 0.05) is 25.2 Å². The molecule has 0 bridgehead atoms. The lowest BCUT2D eigenvalue weighted by Crippen LogP contribution is -2.46. The van der Waals surface area contributed by atoms with Gasteiger partial charge in [-0.1, -0.05) is 0 Å². The number of carbonyl (C=O) groups is 1. The second-order valence-corrected chi connectivity index (χ2v) is 5.92.